The number of hydrogen-bond donors (Lipinski definition) is 2. The van der Waals surface area contributed by atoms with E-state index < -0.39 is 16.0 Å². The highest BCUT2D eigenvalue weighted by molar-refractivity contribution is 7.89. The first-order valence-corrected chi connectivity index (χ1v) is 9.38. The third kappa shape index (κ3) is 4.42. The maximum atomic E-state index is 12.1. The average Bonchev–Trinajstić information content (AvgIpc) is 3.11. The number of rotatable bonds is 6. The third-order valence-corrected chi connectivity index (χ3v) is 4.98. The monoisotopic (exact) mass is 384 g/mol. The highest BCUT2D eigenvalue weighted by atomic mass is 32.2. The van der Waals surface area contributed by atoms with Crippen LogP contribution in [0.15, 0.2) is 75.1 Å². The van der Waals surface area contributed by atoms with E-state index >= 15 is 0 Å². The van der Waals surface area contributed by atoms with Crippen molar-refractivity contribution in [1.29, 1.82) is 0 Å². The second kappa shape index (κ2) is 7.46. The van der Waals surface area contributed by atoms with Gasteiger partial charge in [-0.25, -0.2) is 4.79 Å². The minimum atomic E-state index is -3.75. The second-order valence-corrected chi connectivity index (χ2v) is 7.41. The topological polar surface area (TPSA) is 109 Å². The molecule has 0 fully saturated rings. The van der Waals surface area contributed by atoms with E-state index in [2.05, 4.69) is 9.93 Å². The number of sulfonamides is 1. The summed E-state index contributed by atoms with van der Waals surface area (Å²) in [6, 6.07) is 15.9. The Hall–Kier alpha value is -3.39. The summed E-state index contributed by atoms with van der Waals surface area (Å²) in [7, 11) is -3.75. The fourth-order valence-corrected chi connectivity index (χ4v) is 3.08. The molecule has 1 aromatic heterocycles. The quantitative estimate of drug-likeness (QED) is 0.501. The molecule has 0 saturated heterocycles. The van der Waals surface area contributed by atoms with Crippen LogP contribution in [0, 0.1) is 6.92 Å². The lowest BCUT2D eigenvalue weighted by Crippen LogP contribution is -2.18. The molecule has 3 rings (SSSR count). The Balaban J connectivity index is 1.70. The van der Waals surface area contributed by atoms with E-state index in [0.717, 1.165) is 5.56 Å². The summed E-state index contributed by atoms with van der Waals surface area (Å²) in [4.78, 5) is 13.1. The van der Waals surface area contributed by atoms with Crippen LogP contribution in [0.4, 0.5) is 0 Å². The van der Waals surface area contributed by atoms with E-state index in [1.807, 2.05) is 6.92 Å². The number of carboxylic acid groups (broad SMARTS) is 1. The molecular formula is C19H16N2O5S. The van der Waals surface area contributed by atoms with Crippen molar-refractivity contribution in [3.8, 4) is 11.3 Å². The second-order valence-electron chi connectivity index (χ2n) is 5.75. The smallest absolute Gasteiger partial charge is 0.335 e. The normalized spacial score (nSPS) is 11.6. The summed E-state index contributed by atoms with van der Waals surface area (Å²) in [5.74, 6) is -0.150. The number of nitrogens with one attached hydrogen (secondary N) is 1. The fraction of sp³-hybridized carbons (Fsp3) is 0.0526. The first-order chi connectivity index (χ1) is 12.8. The Morgan fingerprint density at radius 1 is 1.04 bits per heavy atom. The van der Waals surface area contributed by atoms with E-state index in [4.69, 9.17) is 9.52 Å². The van der Waals surface area contributed by atoms with Gasteiger partial charge < -0.3 is 9.52 Å². The van der Waals surface area contributed by atoms with Crippen LogP contribution in [0.1, 0.15) is 21.7 Å². The molecule has 0 bridgehead atoms. The number of carbonyl (C=O) groups is 1. The number of hydrazone groups is 1. The molecule has 0 atom stereocenters. The minimum Gasteiger partial charge on any atom is -0.478 e. The van der Waals surface area contributed by atoms with Gasteiger partial charge in [-0.1, -0.05) is 29.8 Å². The van der Waals surface area contributed by atoms with Crippen LogP contribution in [0.3, 0.4) is 0 Å². The van der Waals surface area contributed by atoms with Crippen molar-refractivity contribution >= 4 is 22.2 Å². The number of furan rings is 1. The van der Waals surface area contributed by atoms with Gasteiger partial charge in [-0.05, 0) is 43.3 Å². The predicted molar refractivity (Wildman–Crippen MR) is 100 cm³/mol. The molecule has 1 heterocycles. The Kier molecular flexibility index (Phi) is 5.09. The number of benzene rings is 2. The van der Waals surface area contributed by atoms with Crippen LogP contribution >= 0.6 is 0 Å². The first kappa shape index (κ1) is 18.4. The molecular weight excluding hydrogens is 368 g/mol. The molecule has 0 saturated carbocycles. The molecule has 0 aliphatic rings. The molecule has 2 aromatic carbocycles. The molecule has 0 aliphatic carbocycles. The van der Waals surface area contributed by atoms with Crippen LogP contribution in [0.2, 0.25) is 0 Å². The SMILES string of the molecule is Cc1ccc(S(=O)(=O)N/N=C\c2ccc(-c3ccc(C(=O)O)cc3)o2)cc1. The summed E-state index contributed by atoms with van der Waals surface area (Å²) in [6.07, 6.45) is 1.25. The van der Waals surface area contributed by atoms with Crippen LogP contribution < -0.4 is 4.83 Å². The molecule has 0 amide bonds. The zero-order valence-electron chi connectivity index (χ0n) is 14.3. The summed E-state index contributed by atoms with van der Waals surface area (Å²) in [5.41, 5.74) is 1.83. The van der Waals surface area contributed by atoms with E-state index in [0.29, 0.717) is 17.1 Å². The van der Waals surface area contributed by atoms with Crippen molar-refractivity contribution < 1.29 is 22.7 Å². The van der Waals surface area contributed by atoms with Crippen LogP contribution in [-0.4, -0.2) is 25.7 Å². The van der Waals surface area contributed by atoms with E-state index in [9.17, 15) is 13.2 Å². The van der Waals surface area contributed by atoms with Gasteiger partial charge in [0.05, 0.1) is 16.7 Å². The standard InChI is InChI=1S/C19H16N2O5S/c1-13-2-9-17(10-3-13)27(24,25)21-20-12-16-8-11-18(26-16)14-4-6-15(7-5-14)19(22)23/h2-12,21H,1H3,(H,22,23)/b20-12-. The van der Waals surface area contributed by atoms with Gasteiger partial charge in [-0.2, -0.15) is 18.4 Å². The summed E-state index contributed by atoms with van der Waals surface area (Å²) < 4.78 is 29.9. The molecule has 138 valence electrons. The maximum absolute atomic E-state index is 12.1. The number of nitrogens with zero attached hydrogens (tertiary/aromatic N) is 1. The maximum Gasteiger partial charge on any atom is 0.335 e. The van der Waals surface area contributed by atoms with E-state index in [-0.39, 0.29) is 10.5 Å². The zero-order valence-corrected chi connectivity index (χ0v) is 15.1. The van der Waals surface area contributed by atoms with Gasteiger partial charge in [0, 0.05) is 5.56 Å². The van der Waals surface area contributed by atoms with Crippen molar-refractivity contribution in [3.05, 3.63) is 77.6 Å². The summed E-state index contributed by atoms with van der Waals surface area (Å²) in [5, 5.41) is 12.6. The Morgan fingerprint density at radius 3 is 2.33 bits per heavy atom. The van der Waals surface area contributed by atoms with Gasteiger partial charge in [0.2, 0.25) is 0 Å². The molecule has 2 N–H and O–H groups in total. The molecule has 0 radical (unpaired) electrons. The fourth-order valence-electron chi connectivity index (χ4n) is 2.28. The molecule has 0 spiro atoms. The molecule has 8 heteroatoms. The van der Waals surface area contributed by atoms with Crippen LogP contribution in [-0.2, 0) is 10.0 Å². The lowest BCUT2D eigenvalue weighted by atomic mass is 10.1. The van der Waals surface area contributed by atoms with Gasteiger partial charge in [0.25, 0.3) is 10.0 Å². The molecule has 7 nitrogen and oxygen atoms in total. The van der Waals surface area contributed by atoms with Gasteiger partial charge in [-0.3, -0.25) is 0 Å². The first-order valence-electron chi connectivity index (χ1n) is 7.90. The Bertz CT molecular complexity index is 1080. The van der Waals surface area contributed by atoms with Crippen molar-refractivity contribution in [2.75, 3.05) is 0 Å². The van der Waals surface area contributed by atoms with Crippen LogP contribution in [0.25, 0.3) is 11.3 Å². The van der Waals surface area contributed by atoms with Crippen molar-refractivity contribution in [1.82, 2.24) is 4.83 Å². The zero-order chi connectivity index (χ0) is 19.4. The van der Waals surface area contributed by atoms with Gasteiger partial charge in [0.1, 0.15) is 11.5 Å². The lowest BCUT2D eigenvalue weighted by molar-refractivity contribution is 0.0697. The highest BCUT2D eigenvalue weighted by Gasteiger charge is 2.12. The number of hydrogen-bond acceptors (Lipinski definition) is 5. The average molecular weight is 384 g/mol. The predicted octanol–water partition coefficient (Wildman–Crippen LogP) is 3.27. The van der Waals surface area contributed by atoms with Crippen molar-refractivity contribution in [3.63, 3.8) is 0 Å². The third-order valence-electron chi connectivity index (χ3n) is 3.74. The van der Waals surface area contributed by atoms with Gasteiger partial charge in [0.15, 0.2) is 0 Å². The minimum absolute atomic E-state index is 0.115. The Labute approximate surface area is 156 Å². The molecule has 3 aromatic rings. The van der Waals surface area contributed by atoms with Crippen molar-refractivity contribution in [2.24, 2.45) is 5.10 Å². The van der Waals surface area contributed by atoms with Crippen molar-refractivity contribution in [2.45, 2.75) is 11.8 Å². The lowest BCUT2D eigenvalue weighted by Gasteiger charge is -2.03. The Morgan fingerprint density at radius 2 is 1.70 bits per heavy atom. The molecule has 0 aliphatic heterocycles. The largest absolute Gasteiger partial charge is 0.478 e. The molecule has 27 heavy (non-hydrogen) atoms. The summed E-state index contributed by atoms with van der Waals surface area (Å²) >= 11 is 0. The van der Waals surface area contributed by atoms with Gasteiger partial charge in [-0.15, -0.1) is 0 Å². The number of aryl methyl sites for hydroxylation is 1. The molecule has 0 unspecified atom stereocenters. The number of aromatic carboxylic acids is 1. The van der Waals surface area contributed by atoms with Gasteiger partial charge >= 0.3 is 5.97 Å². The van der Waals surface area contributed by atoms with Crippen LogP contribution in [0.5, 0.6) is 0 Å². The van der Waals surface area contributed by atoms with E-state index in [1.54, 1.807) is 36.4 Å². The van der Waals surface area contributed by atoms with E-state index in [1.165, 1.54) is 30.5 Å². The summed E-state index contributed by atoms with van der Waals surface area (Å²) in [6.45, 7) is 1.87. The number of carboxylic acids is 1. The highest BCUT2D eigenvalue weighted by Crippen LogP contribution is 2.22.